The quantitative estimate of drug-likeness (QED) is 0.507. The lowest BCUT2D eigenvalue weighted by atomic mass is 10.1. The molecule has 0 bridgehead atoms. The predicted octanol–water partition coefficient (Wildman–Crippen LogP) is 3.15. The molecule has 1 aliphatic rings. The lowest BCUT2D eigenvalue weighted by molar-refractivity contribution is -0.156. The Hall–Kier alpha value is -3.27. The summed E-state index contributed by atoms with van der Waals surface area (Å²) in [5.74, 6) is -1.42. The molecule has 0 radical (unpaired) electrons. The van der Waals surface area contributed by atoms with Gasteiger partial charge in [0.05, 0.1) is 11.0 Å². The Bertz CT molecular complexity index is 1380. The van der Waals surface area contributed by atoms with Gasteiger partial charge in [-0.2, -0.15) is 4.31 Å². The van der Waals surface area contributed by atoms with Gasteiger partial charge in [-0.15, -0.1) is 0 Å². The molecule has 184 valence electrons. The van der Waals surface area contributed by atoms with E-state index < -0.39 is 40.1 Å². The van der Waals surface area contributed by atoms with Gasteiger partial charge >= 0.3 is 5.97 Å². The van der Waals surface area contributed by atoms with Gasteiger partial charge in [-0.25, -0.2) is 8.42 Å². The molecular weight excluding hydrogens is 468 g/mol. The molecule has 3 aromatic rings. The molecule has 9 heteroatoms. The third kappa shape index (κ3) is 5.07. The summed E-state index contributed by atoms with van der Waals surface area (Å²) in [7, 11) is -4.06. The average Bonchev–Trinajstić information content (AvgIpc) is 3.23. The van der Waals surface area contributed by atoms with Crippen molar-refractivity contribution in [2.45, 2.75) is 50.3 Å². The van der Waals surface area contributed by atoms with Crippen LogP contribution in [0, 0.1) is 13.8 Å². The van der Waals surface area contributed by atoms with Crippen LogP contribution in [0.3, 0.4) is 0 Å². The number of fused-ring (bicyclic) bond motifs is 1. The van der Waals surface area contributed by atoms with Gasteiger partial charge < -0.3 is 15.2 Å². The van der Waals surface area contributed by atoms with Crippen LogP contribution in [-0.2, 0) is 24.3 Å². The van der Waals surface area contributed by atoms with Crippen LogP contribution < -0.4 is 5.32 Å². The molecule has 0 aliphatic carbocycles. The molecule has 1 aliphatic heterocycles. The topological polar surface area (TPSA) is 113 Å². The fourth-order valence-corrected chi connectivity index (χ4v) is 5.86. The van der Waals surface area contributed by atoms with Crippen molar-refractivity contribution in [1.29, 1.82) is 0 Å². The highest BCUT2D eigenvalue weighted by Crippen LogP contribution is 2.29. The number of nitrogens with one attached hydrogen (secondary N) is 1. The maximum Gasteiger partial charge on any atom is 0.325 e. The van der Waals surface area contributed by atoms with Crippen molar-refractivity contribution < 1.29 is 27.9 Å². The molecule has 3 aromatic carbocycles. The summed E-state index contributed by atoms with van der Waals surface area (Å²) >= 11 is 0. The van der Waals surface area contributed by atoms with E-state index in [0.717, 1.165) is 26.2 Å². The molecule has 1 amide bonds. The van der Waals surface area contributed by atoms with E-state index in [1.54, 1.807) is 19.1 Å². The Morgan fingerprint density at radius 1 is 1.06 bits per heavy atom. The molecule has 2 unspecified atom stereocenters. The summed E-state index contributed by atoms with van der Waals surface area (Å²) in [6.07, 6.45) is -2.31. The molecule has 0 saturated carbocycles. The number of anilines is 1. The van der Waals surface area contributed by atoms with Crippen LogP contribution in [0.15, 0.2) is 65.6 Å². The molecule has 0 spiro atoms. The number of ether oxygens (including phenoxy) is 1. The average molecular weight is 497 g/mol. The maximum atomic E-state index is 13.3. The maximum absolute atomic E-state index is 13.3. The van der Waals surface area contributed by atoms with Crippen LogP contribution in [0.4, 0.5) is 5.69 Å². The number of rotatable bonds is 6. The molecule has 1 heterocycles. The summed E-state index contributed by atoms with van der Waals surface area (Å²) in [6, 6.07) is 16.5. The first kappa shape index (κ1) is 24.8. The van der Waals surface area contributed by atoms with E-state index in [1.165, 1.54) is 19.1 Å². The number of esters is 1. The smallest absolute Gasteiger partial charge is 0.325 e. The molecule has 3 atom stereocenters. The highest BCUT2D eigenvalue weighted by molar-refractivity contribution is 7.89. The first-order chi connectivity index (χ1) is 16.6. The van der Waals surface area contributed by atoms with Gasteiger partial charge in [-0.3, -0.25) is 9.59 Å². The van der Waals surface area contributed by atoms with E-state index in [-0.39, 0.29) is 17.9 Å². The zero-order chi connectivity index (χ0) is 25.3. The number of benzene rings is 3. The van der Waals surface area contributed by atoms with Gasteiger partial charge in [0, 0.05) is 24.0 Å². The van der Waals surface area contributed by atoms with Crippen molar-refractivity contribution in [2.75, 3.05) is 11.9 Å². The van der Waals surface area contributed by atoms with Gasteiger partial charge in [0.1, 0.15) is 6.04 Å². The van der Waals surface area contributed by atoms with Gasteiger partial charge in [0.15, 0.2) is 6.10 Å². The zero-order valence-electron chi connectivity index (χ0n) is 19.8. The number of nitrogens with zero attached hydrogens (tertiary/aromatic N) is 1. The number of hydrogen-bond donors (Lipinski definition) is 2. The summed E-state index contributed by atoms with van der Waals surface area (Å²) < 4.78 is 32.9. The van der Waals surface area contributed by atoms with Crippen LogP contribution >= 0.6 is 0 Å². The summed E-state index contributed by atoms with van der Waals surface area (Å²) in [6.45, 7) is 4.86. The van der Waals surface area contributed by atoms with E-state index in [1.807, 2.05) is 43.3 Å². The van der Waals surface area contributed by atoms with Crippen LogP contribution in [0.1, 0.15) is 24.5 Å². The molecule has 8 nitrogen and oxygen atoms in total. The van der Waals surface area contributed by atoms with Crippen LogP contribution in [0.2, 0.25) is 0 Å². The zero-order valence-corrected chi connectivity index (χ0v) is 20.6. The van der Waals surface area contributed by atoms with Gasteiger partial charge in [0.25, 0.3) is 5.91 Å². The summed E-state index contributed by atoms with van der Waals surface area (Å²) in [5, 5.41) is 14.7. The standard InChI is InChI=1S/C26H28N2O6S/c1-16-11-12-21(13-17(16)2)35(32,33)28-15-20(29)14-24(28)26(31)34-18(3)25(30)27-23-10-6-8-19-7-4-5-9-22(19)23/h4-13,18,20,24,29H,14-15H2,1-3H3,(H,27,30)/t18?,20?,24-/m0/s1. The Morgan fingerprint density at radius 2 is 1.77 bits per heavy atom. The Kier molecular flexibility index (Phi) is 6.93. The number of aliphatic hydroxyl groups excluding tert-OH is 1. The number of aliphatic hydroxyl groups is 1. The lowest BCUT2D eigenvalue weighted by Crippen LogP contribution is -2.43. The van der Waals surface area contributed by atoms with Crippen molar-refractivity contribution in [3.63, 3.8) is 0 Å². The fourth-order valence-electron chi connectivity index (χ4n) is 4.15. The van der Waals surface area contributed by atoms with E-state index in [4.69, 9.17) is 4.74 Å². The third-order valence-corrected chi connectivity index (χ3v) is 8.17. The highest BCUT2D eigenvalue weighted by Gasteiger charge is 2.45. The van der Waals surface area contributed by atoms with Crippen molar-refractivity contribution >= 4 is 38.4 Å². The minimum absolute atomic E-state index is 0.0363. The van der Waals surface area contributed by atoms with E-state index in [2.05, 4.69) is 5.32 Å². The number of carbonyl (C=O) groups excluding carboxylic acids is 2. The van der Waals surface area contributed by atoms with E-state index >= 15 is 0 Å². The first-order valence-electron chi connectivity index (χ1n) is 11.3. The Balaban J connectivity index is 1.49. The number of β-amino-alcohol motifs (C(OH)–C–C–N with tert-alkyl or cyclic N) is 1. The largest absolute Gasteiger partial charge is 0.451 e. The molecule has 35 heavy (non-hydrogen) atoms. The second kappa shape index (κ2) is 9.77. The molecule has 2 N–H and O–H groups in total. The van der Waals surface area contributed by atoms with Crippen molar-refractivity contribution in [2.24, 2.45) is 0 Å². The Morgan fingerprint density at radius 3 is 2.51 bits per heavy atom. The molecule has 1 fully saturated rings. The predicted molar refractivity (Wildman–Crippen MR) is 132 cm³/mol. The van der Waals surface area contributed by atoms with Gasteiger partial charge in [-0.05, 0) is 55.5 Å². The van der Waals surface area contributed by atoms with Crippen molar-refractivity contribution in [3.05, 3.63) is 71.8 Å². The van der Waals surface area contributed by atoms with Crippen LogP contribution in [-0.4, -0.2) is 54.5 Å². The number of carbonyl (C=O) groups is 2. The van der Waals surface area contributed by atoms with Gasteiger partial charge in [-0.1, -0.05) is 42.5 Å². The fraction of sp³-hybridized carbons (Fsp3) is 0.308. The van der Waals surface area contributed by atoms with E-state index in [9.17, 15) is 23.1 Å². The third-order valence-electron chi connectivity index (χ3n) is 6.30. The summed E-state index contributed by atoms with van der Waals surface area (Å²) in [4.78, 5) is 25.8. The number of aryl methyl sites for hydroxylation is 2. The minimum Gasteiger partial charge on any atom is -0.451 e. The van der Waals surface area contributed by atoms with Gasteiger partial charge in [0.2, 0.25) is 10.0 Å². The SMILES string of the molecule is Cc1ccc(S(=O)(=O)N2CC(O)C[C@H]2C(=O)OC(C)C(=O)Nc2cccc3ccccc23)cc1C. The number of amides is 1. The second-order valence-corrected chi connectivity index (χ2v) is 10.7. The number of sulfonamides is 1. The molecule has 0 aromatic heterocycles. The lowest BCUT2D eigenvalue weighted by Gasteiger charge is -2.24. The molecule has 1 saturated heterocycles. The van der Waals surface area contributed by atoms with E-state index in [0.29, 0.717) is 5.69 Å². The normalized spacial score (nSPS) is 19.4. The Labute approximate surface area is 204 Å². The highest BCUT2D eigenvalue weighted by atomic mass is 32.2. The minimum atomic E-state index is -4.06. The number of hydrogen-bond acceptors (Lipinski definition) is 6. The molecule has 4 rings (SSSR count). The second-order valence-electron chi connectivity index (χ2n) is 8.82. The molecular formula is C26H28N2O6S. The van der Waals surface area contributed by atoms with Crippen LogP contribution in [0.25, 0.3) is 10.8 Å². The van der Waals surface area contributed by atoms with Crippen molar-refractivity contribution in [3.8, 4) is 0 Å². The summed E-state index contributed by atoms with van der Waals surface area (Å²) in [5.41, 5.74) is 2.31. The van der Waals surface area contributed by atoms with Crippen LogP contribution in [0.5, 0.6) is 0 Å². The van der Waals surface area contributed by atoms with Crippen molar-refractivity contribution in [1.82, 2.24) is 4.31 Å². The first-order valence-corrected chi connectivity index (χ1v) is 12.8. The monoisotopic (exact) mass is 496 g/mol.